The molecule has 0 bridgehead atoms. The second kappa shape index (κ2) is 4.05. The van der Waals surface area contributed by atoms with Gasteiger partial charge in [0.25, 0.3) is 0 Å². The van der Waals surface area contributed by atoms with Crippen molar-refractivity contribution in [2.24, 2.45) is 10.2 Å². The first-order chi connectivity index (χ1) is 7.25. The van der Waals surface area contributed by atoms with Gasteiger partial charge in [0.2, 0.25) is 5.13 Å². The fourth-order valence-corrected chi connectivity index (χ4v) is 1.48. The summed E-state index contributed by atoms with van der Waals surface area (Å²) in [5, 5.41) is 10.4. The molecule has 2 rings (SSSR count). The van der Waals surface area contributed by atoms with Gasteiger partial charge in [0.05, 0.1) is 5.69 Å². The molecule has 0 radical (unpaired) electrons. The molecule has 0 aliphatic heterocycles. The van der Waals surface area contributed by atoms with E-state index in [-0.39, 0.29) is 0 Å². The van der Waals surface area contributed by atoms with Gasteiger partial charge in [0.1, 0.15) is 5.69 Å². The molecular formula is C9H9N5S. The lowest BCUT2D eigenvalue weighted by Crippen LogP contribution is -1.89. The van der Waals surface area contributed by atoms with E-state index in [9.17, 15) is 0 Å². The number of nitrogen functional groups attached to an aromatic ring is 2. The molecule has 0 unspecified atom stereocenters. The molecule has 0 saturated carbocycles. The number of anilines is 2. The lowest BCUT2D eigenvalue weighted by atomic mass is 10.2. The van der Waals surface area contributed by atoms with E-state index in [0.717, 1.165) is 0 Å². The lowest BCUT2D eigenvalue weighted by molar-refractivity contribution is 1.20. The summed E-state index contributed by atoms with van der Waals surface area (Å²) in [6, 6.07) is 5.10. The van der Waals surface area contributed by atoms with Crippen molar-refractivity contribution in [3.8, 4) is 0 Å². The van der Waals surface area contributed by atoms with E-state index in [2.05, 4.69) is 15.2 Å². The van der Waals surface area contributed by atoms with Crippen LogP contribution in [0, 0.1) is 0 Å². The minimum absolute atomic E-state index is 0.510. The number of azo groups is 1. The first-order valence-corrected chi connectivity index (χ1v) is 5.10. The van der Waals surface area contributed by atoms with Crippen molar-refractivity contribution >= 4 is 33.5 Å². The van der Waals surface area contributed by atoms with Gasteiger partial charge in [-0.3, -0.25) is 0 Å². The van der Waals surface area contributed by atoms with Crippen LogP contribution >= 0.6 is 11.3 Å². The molecule has 0 atom stereocenters. The van der Waals surface area contributed by atoms with Crippen LogP contribution in [0.25, 0.3) is 0 Å². The van der Waals surface area contributed by atoms with E-state index >= 15 is 0 Å². The Hall–Kier alpha value is -1.95. The number of nitrogens with zero attached hydrogens (tertiary/aromatic N) is 3. The van der Waals surface area contributed by atoms with Crippen molar-refractivity contribution in [3.05, 3.63) is 29.8 Å². The Morgan fingerprint density at radius 2 is 2.07 bits per heavy atom. The van der Waals surface area contributed by atoms with Crippen LogP contribution in [0.5, 0.6) is 0 Å². The molecule has 0 aliphatic carbocycles. The molecule has 15 heavy (non-hydrogen) atoms. The number of nitrogens with two attached hydrogens (primary N) is 2. The molecule has 6 heteroatoms. The van der Waals surface area contributed by atoms with Crippen molar-refractivity contribution in [1.82, 2.24) is 4.98 Å². The maximum atomic E-state index is 5.71. The third-order valence-corrected chi connectivity index (χ3v) is 2.37. The zero-order chi connectivity index (χ0) is 10.7. The molecule has 0 amide bonds. The van der Waals surface area contributed by atoms with Crippen LogP contribution in [-0.4, -0.2) is 4.98 Å². The molecule has 2 aromatic rings. The first-order valence-electron chi connectivity index (χ1n) is 4.22. The summed E-state index contributed by atoms with van der Waals surface area (Å²) >= 11 is 1.41. The van der Waals surface area contributed by atoms with E-state index in [1.807, 2.05) is 5.38 Å². The summed E-state index contributed by atoms with van der Waals surface area (Å²) in [7, 11) is 0. The summed E-state index contributed by atoms with van der Waals surface area (Å²) in [6.07, 6.45) is 1.67. The second-order valence-electron chi connectivity index (χ2n) is 2.83. The predicted octanol–water partition coefficient (Wildman–Crippen LogP) is 2.72. The summed E-state index contributed by atoms with van der Waals surface area (Å²) in [6.45, 7) is 0. The normalized spacial score (nSPS) is 10.9. The number of benzene rings is 1. The van der Waals surface area contributed by atoms with Gasteiger partial charge in [-0.05, 0) is 18.2 Å². The predicted molar refractivity (Wildman–Crippen MR) is 61.6 cm³/mol. The monoisotopic (exact) mass is 219 g/mol. The van der Waals surface area contributed by atoms with Gasteiger partial charge in [-0.2, -0.15) is 0 Å². The first kappa shape index (κ1) is 9.60. The average molecular weight is 219 g/mol. The fourth-order valence-electron chi connectivity index (χ4n) is 1.03. The molecule has 0 aliphatic rings. The molecule has 76 valence electrons. The van der Waals surface area contributed by atoms with Crippen LogP contribution in [0.2, 0.25) is 0 Å². The standard InChI is InChI=1S/C9H9N5S/c10-6-1-2-8(7(11)5-6)13-14-9-12-3-4-15-9/h1-5H,10-11H2. The van der Waals surface area contributed by atoms with E-state index in [0.29, 0.717) is 22.2 Å². The van der Waals surface area contributed by atoms with Gasteiger partial charge in [-0.1, -0.05) is 0 Å². The Morgan fingerprint density at radius 1 is 1.20 bits per heavy atom. The van der Waals surface area contributed by atoms with Crippen LogP contribution in [0.4, 0.5) is 22.2 Å². The number of thiazole rings is 1. The molecular weight excluding hydrogens is 210 g/mol. The Balaban J connectivity index is 2.24. The smallest absolute Gasteiger partial charge is 0.229 e. The topological polar surface area (TPSA) is 89.6 Å². The zero-order valence-electron chi connectivity index (χ0n) is 7.79. The van der Waals surface area contributed by atoms with E-state index < -0.39 is 0 Å². The van der Waals surface area contributed by atoms with Gasteiger partial charge < -0.3 is 11.5 Å². The van der Waals surface area contributed by atoms with E-state index in [4.69, 9.17) is 11.5 Å². The van der Waals surface area contributed by atoms with Crippen molar-refractivity contribution in [1.29, 1.82) is 0 Å². The Labute approximate surface area is 90.5 Å². The number of hydrogen-bond donors (Lipinski definition) is 2. The van der Waals surface area contributed by atoms with E-state index in [1.165, 1.54) is 11.3 Å². The molecule has 5 nitrogen and oxygen atoms in total. The Kier molecular flexibility index (Phi) is 2.59. The minimum Gasteiger partial charge on any atom is -0.399 e. The Morgan fingerprint density at radius 3 is 2.73 bits per heavy atom. The molecule has 0 spiro atoms. The largest absolute Gasteiger partial charge is 0.399 e. The summed E-state index contributed by atoms with van der Waals surface area (Å²) in [4.78, 5) is 3.97. The van der Waals surface area contributed by atoms with Crippen molar-refractivity contribution in [2.45, 2.75) is 0 Å². The maximum absolute atomic E-state index is 5.71. The molecule has 1 heterocycles. The lowest BCUT2D eigenvalue weighted by Gasteiger charge is -1.98. The van der Waals surface area contributed by atoms with Crippen LogP contribution in [-0.2, 0) is 0 Å². The highest BCUT2D eigenvalue weighted by molar-refractivity contribution is 7.13. The maximum Gasteiger partial charge on any atom is 0.229 e. The van der Waals surface area contributed by atoms with Crippen LogP contribution in [0.15, 0.2) is 40.0 Å². The highest BCUT2D eigenvalue weighted by atomic mass is 32.1. The molecule has 0 fully saturated rings. The summed E-state index contributed by atoms with van der Waals surface area (Å²) in [5.74, 6) is 0. The van der Waals surface area contributed by atoms with Crippen LogP contribution in [0.1, 0.15) is 0 Å². The molecule has 1 aromatic heterocycles. The number of rotatable bonds is 2. The SMILES string of the molecule is Nc1ccc(N=Nc2nccs2)c(N)c1. The summed E-state index contributed by atoms with van der Waals surface area (Å²) in [5.41, 5.74) is 13.0. The number of hydrogen-bond acceptors (Lipinski definition) is 6. The summed E-state index contributed by atoms with van der Waals surface area (Å²) < 4.78 is 0. The van der Waals surface area contributed by atoms with Gasteiger partial charge >= 0.3 is 0 Å². The molecule has 1 aromatic carbocycles. The van der Waals surface area contributed by atoms with Gasteiger partial charge in [-0.15, -0.1) is 21.6 Å². The molecule has 4 N–H and O–H groups in total. The quantitative estimate of drug-likeness (QED) is 0.601. The highest BCUT2D eigenvalue weighted by Crippen LogP contribution is 2.26. The van der Waals surface area contributed by atoms with Crippen molar-refractivity contribution < 1.29 is 0 Å². The molecule has 0 saturated heterocycles. The van der Waals surface area contributed by atoms with Gasteiger partial charge in [0, 0.05) is 17.3 Å². The van der Waals surface area contributed by atoms with Crippen LogP contribution < -0.4 is 11.5 Å². The van der Waals surface area contributed by atoms with Gasteiger partial charge in [-0.25, -0.2) is 4.98 Å². The van der Waals surface area contributed by atoms with E-state index in [1.54, 1.807) is 24.4 Å². The van der Waals surface area contributed by atoms with Crippen molar-refractivity contribution in [3.63, 3.8) is 0 Å². The third kappa shape index (κ3) is 2.29. The van der Waals surface area contributed by atoms with Gasteiger partial charge in [0.15, 0.2) is 0 Å². The number of aromatic nitrogens is 1. The minimum atomic E-state index is 0.510. The average Bonchev–Trinajstić information content (AvgIpc) is 2.69. The zero-order valence-corrected chi connectivity index (χ0v) is 8.61. The second-order valence-corrected chi connectivity index (χ2v) is 3.71. The van der Waals surface area contributed by atoms with Crippen molar-refractivity contribution in [2.75, 3.05) is 11.5 Å². The fraction of sp³-hybridized carbons (Fsp3) is 0. The highest BCUT2D eigenvalue weighted by Gasteiger charge is 1.98. The third-order valence-electron chi connectivity index (χ3n) is 1.71. The Bertz CT molecular complexity index is 477. The van der Waals surface area contributed by atoms with Crippen LogP contribution in [0.3, 0.4) is 0 Å².